The van der Waals surface area contributed by atoms with Crippen molar-refractivity contribution >= 4 is 34.2 Å². The third kappa shape index (κ3) is 5.20. The molecule has 8 heteroatoms. The Morgan fingerprint density at radius 1 is 1.18 bits per heavy atom. The molecule has 0 atom stereocenters. The van der Waals surface area contributed by atoms with Gasteiger partial charge in [0, 0.05) is 59.5 Å². The number of carbonyl (C=O) groups is 1. The van der Waals surface area contributed by atoms with Gasteiger partial charge < -0.3 is 20.1 Å². The Balaban J connectivity index is 1.46. The Morgan fingerprint density at radius 2 is 1.91 bits per heavy atom. The maximum absolute atomic E-state index is 13.1. The van der Waals surface area contributed by atoms with Crippen LogP contribution in [-0.4, -0.2) is 65.0 Å². The van der Waals surface area contributed by atoms with Gasteiger partial charge in [0.05, 0.1) is 5.69 Å². The van der Waals surface area contributed by atoms with Gasteiger partial charge in [-0.05, 0) is 77.4 Å². The van der Waals surface area contributed by atoms with E-state index in [1.165, 1.54) is 12.8 Å². The first kappa shape index (κ1) is 24.5. The van der Waals surface area contributed by atoms with E-state index < -0.39 is 0 Å². The number of rotatable bonds is 8. The highest BCUT2D eigenvalue weighted by molar-refractivity contribution is 6.31. The summed E-state index contributed by atoms with van der Waals surface area (Å²) in [6.45, 7) is 5.59. The summed E-state index contributed by atoms with van der Waals surface area (Å²) in [5.41, 5.74) is 4.41. The standard InChI is InChI=1S/C26H35ClN6O/c1-5-33(20-8-6-19(7-9-20)32(3)4)24-15-18(27)14-22(17(24)2)26(34)29-13-11-23-21-10-12-28-25(21)31-16-30-23/h10,12,14-16,19-20H,5-9,11,13H2,1-4H3,(H,29,34)(H,28,30,31)/t19-,20-. The Hall–Kier alpha value is -2.64. The normalized spacial score (nSPS) is 18.4. The number of aromatic amines is 1. The molecule has 1 aliphatic rings. The predicted molar refractivity (Wildman–Crippen MR) is 139 cm³/mol. The number of H-pyrrole nitrogens is 1. The topological polar surface area (TPSA) is 77.1 Å². The highest BCUT2D eigenvalue weighted by Crippen LogP contribution is 2.34. The third-order valence-corrected chi connectivity index (χ3v) is 7.38. The molecule has 34 heavy (non-hydrogen) atoms. The van der Waals surface area contributed by atoms with Crippen LogP contribution in [0.15, 0.2) is 30.7 Å². The molecule has 1 aliphatic carbocycles. The van der Waals surface area contributed by atoms with Gasteiger partial charge in [0.15, 0.2) is 0 Å². The average Bonchev–Trinajstić information content (AvgIpc) is 3.31. The number of benzene rings is 1. The van der Waals surface area contributed by atoms with Crippen molar-refractivity contribution in [3.8, 4) is 0 Å². The lowest BCUT2D eigenvalue weighted by molar-refractivity contribution is 0.0953. The van der Waals surface area contributed by atoms with Gasteiger partial charge in [0.25, 0.3) is 5.91 Å². The van der Waals surface area contributed by atoms with Crippen molar-refractivity contribution in [3.05, 3.63) is 52.6 Å². The predicted octanol–water partition coefficient (Wildman–Crippen LogP) is 4.59. The Bertz CT molecular complexity index is 1140. The van der Waals surface area contributed by atoms with Gasteiger partial charge in [-0.3, -0.25) is 4.79 Å². The molecule has 0 unspecified atom stereocenters. The number of fused-ring (bicyclic) bond motifs is 1. The number of carbonyl (C=O) groups excluding carboxylic acids is 1. The van der Waals surface area contributed by atoms with Crippen molar-refractivity contribution in [1.29, 1.82) is 0 Å². The average molecular weight is 483 g/mol. The molecule has 0 radical (unpaired) electrons. The fraction of sp³-hybridized carbons (Fsp3) is 0.500. The number of amides is 1. The monoisotopic (exact) mass is 482 g/mol. The molecule has 1 saturated carbocycles. The summed E-state index contributed by atoms with van der Waals surface area (Å²) in [5, 5.41) is 4.64. The third-order valence-electron chi connectivity index (χ3n) is 7.16. The molecule has 3 aromatic rings. The molecule has 1 amide bonds. The van der Waals surface area contributed by atoms with Gasteiger partial charge in [0.1, 0.15) is 12.0 Å². The van der Waals surface area contributed by atoms with Gasteiger partial charge in [0.2, 0.25) is 0 Å². The van der Waals surface area contributed by atoms with Crippen LogP contribution in [0.1, 0.15) is 54.2 Å². The highest BCUT2D eigenvalue weighted by Gasteiger charge is 2.28. The lowest BCUT2D eigenvalue weighted by Crippen LogP contribution is -2.42. The van der Waals surface area contributed by atoms with Crippen molar-refractivity contribution in [3.63, 3.8) is 0 Å². The van der Waals surface area contributed by atoms with Crippen molar-refractivity contribution in [2.24, 2.45) is 0 Å². The maximum Gasteiger partial charge on any atom is 0.251 e. The summed E-state index contributed by atoms with van der Waals surface area (Å²) in [5.74, 6) is -0.104. The first-order chi connectivity index (χ1) is 16.4. The van der Waals surface area contributed by atoms with Crippen molar-refractivity contribution in [2.45, 2.75) is 58.0 Å². The summed E-state index contributed by atoms with van der Waals surface area (Å²) >= 11 is 6.52. The fourth-order valence-corrected chi connectivity index (χ4v) is 5.44. The van der Waals surface area contributed by atoms with E-state index in [1.54, 1.807) is 12.4 Å². The summed E-state index contributed by atoms with van der Waals surface area (Å²) in [6, 6.07) is 6.88. The van der Waals surface area contributed by atoms with Crippen LogP contribution < -0.4 is 10.2 Å². The van der Waals surface area contributed by atoms with Crippen LogP contribution >= 0.6 is 11.6 Å². The SMILES string of the molecule is CCN(c1cc(Cl)cc(C(=O)NCCc2ncnc3[nH]ccc23)c1C)[C@H]1CC[C@H](N(C)C)CC1. The lowest BCUT2D eigenvalue weighted by atomic mass is 9.89. The van der Waals surface area contributed by atoms with Crippen molar-refractivity contribution < 1.29 is 4.79 Å². The van der Waals surface area contributed by atoms with E-state index in [4.69, 9.17) is 11.6 Å². The molecule has 7 nitrogen and oxygen atoms in total. The maximum atomic E-state index is 13.1. The lowest BCUT2D eigenvalue weighted by Gasteiger charge is -2.40. The van der Waals surface area contributed by atoms with Crippen molar-refractivity contribution in [1.82, 2.24) is 25.2 Å². The minimum atomic E-state index is -0.104. The summed E-state index contributed by atoms with van der Waals surface area (Å²) < 4.78 is 0. The Morgan fingerprint density at radius 3 is 2.62 bits per heavy atom. The second-order valence-corrected chi connectivity index (χ2v) is 9.81. The first-order valence-electron chi connectivity index (χ1n) is 12.2. The molecule has 0 aliphatic heterocycles. The van der Waals surface area contributed by atoms with Crippen LogP contribution in [0.2, 0.25) is 5.02 Å². The second kappa shape index (κ2) is 10.7. The van der Waals surface area contributed by atoms with E-state index in [0.29, 0.717) is 35.6 Å². The number of aromatic nitrogens is 3. The van der Waals surface area contributed by atoms with Crippen molar-refractivity contribution in [2.75, 3.05) is 32.1 Å². The molecule has 0 saturated heterocycles. The molecule has 0 spiro atoms. The number of nitrogens with one attached hydrogen (secondary N) is 2. The highest BCUT2D eigenvalue weighted by atomic mass is 35.5. The number of nitrogens with zero attached hydrogens (tertiary/aromatic N) is 4. The Labute approximate surface area is 206 Å². The quantitative estimate of drug-likeness (QED) is 0.491. The van der Waals surface area contributed by atoms with Gasteiger partial charge in [-0.15, -0.1) is 0 Å². The second-order valence-electron chi connectivity index (χ2n) is 9.38. The summed E-state index contributed by atoms with van der Waals surface area (Å²) in [7, 11) is 4.33. The minimum absolute atomic E-state index is 0.104. The molecule has 2 aromatic heterocycles. The van der Waals surface area contributed by atoms with Crippen LogP contribution in [-0.2, 0) is 6.42 Å². The number of hydrogen-bond donors (Lipinski definition) is 2. The van der Waals surface area contributed by atoms with E-state index in [2.05, 4.69) is 51.1 Å². The fourth-order valence-electron chi connectivity index (χ4n) is 5.23. The molecular weight excluding hydrogens is 448 g/mol. The largest absolute Gasteiger partial charge is 0.369 e. The Kier molecular flexibility index (Phi) is 7.73. The minimum Gasteiger partial charge on any atom is -0.369 e. The molecule has 4 rings (SSSR count). The number of halogens is 1. The summed E-state index contributed by atoms with van der Waals surface area (Å²) in [4.78, 5) is 29.6. The number of anilines is 1. The van der Waals surface area contributed by atoms with E-state index in [-0.39, 0.29) is 5.91 Å². The zero-order chi connectivity index (χ0) is 24.2. The first-order valence-corrected chi connectivity index (χ1v) is 12.5. The smallest absolute Gasteiger partial charge is 0.251 e. The van der Waals surface area contributed by atoms with Gasteiger partial charge in [-0.2, -0.15) is 0 Å². The zero-order valence-electron chi connectivity index (χ0n) is 20.6. The van der Waals surface area contributed by atoms with Gasteiger partial charge in [-0.25, -0.2) is 9.97 Å². The summed E-state index contributed by atoms with van der Waals surface area (Å²) in [6.07, 6.45) is 8.72. The molecule has 0 bridgehead atoms. The van der Waals surface area contributed by atoms with Crippen LogP contribution in [0.4, 0.5) is 5.69 Å². The van der Waals surface area contributed by atoms with Crippen LogP contribution in [0.25, 0.3) is 11.0 Å². The van der Waals surface area contributed by atoms with E-state index in [9.17, 15) is 4.79 Å². The molecule has 1 fully saturated rings. The van der Waals surface area contributed by atoms with E-state index >= 15 is 0 Å². The zero-order valence-corrected chi connectivity index (χ0v) is 21.3. The molecule has 2 heterocycles. The van der Waals surface area contributed by atoms with E-state index in [1.807, 2.05) is 25.3 Å². The molecular formula is C26H35ClN6O. The van der Waals surface area contributed by atoms with Crippen LogP contribution in [0.5, 0.6) is 0 Å². The molecule has 182 valence electrons. The van der Waals surface area contributed by atoms with Gasteiger partial charge >= 0.3 is 0 Å². The molecule has 2 N–H and O–H groups in total. The molecule has 1 aromatic carbocycles. The van der Waals surface area contributed by atoms with Crippen LogP contribution in [0.3, 0.4) is 0 Å². The van der Waals surface area contributed by atoms with Gasteiger partial charge in [-0.1, -0.05) is 11.6 Å². The van der Waals surface area contributed by atoms with E-state index in [0.717, 1.165) is 47.4 Å². The van der Waals surface area contributed by atoms with Crippen LogP contribution in [0, 0.1) is 6.92 Å². The number of hydrogen-bond acceptors (Lipinski definition) is 5.